The molecular formula is C13H25N3O. The number of hydrogen-bond acceptors (Lipinski definition) is 3. The monoisotopic (exact) mass is 239 g/mol. The Bertz CT molecular complexity index is 264. The SMILES string of the molecule is CC(=O)N1CCC(N2C[C@@H](C)N[C@@H](C)C2)CC1. The quantitative estimate of drug-likeness (QED) is 0.731. The highest BCUT2D eigenvalue weighted by Crippen LogP contribution is 2.19. The van der Waals surface area contributed by atoms with Gasteiger partial charge in [0.25, 0.3) is 0 Å². The molecule has 2 heterocycles. The van der Waals surface area contributed by atoms with E-state index in [9.17, 15) is 4.79 Å². The van der Waals surface area contributed by atoms with Crippen LogP contribution in [0.5, 0.6) is 0 Å². The van der Waals surface area contributed by atoms with Gasteiger partial charge in [0.1, 0.15) is 0 Å². The highest BCUT2D eigenvalue weighted by molar-refractivity contribution is 5.73. The van der Waals surface area contributed by atoms with E-state index in [-0.39, 0.29) is 5.91 Å². The second-order valence-electron chi connectivity index (χ2n) is 5.66. The van der Waals surface area contributed by atoms with Gasteiger partial charge in [0.15, 0.2) is 0 Å². The van der Waals surface area contributed by atoms with Crippen LogP contribution >= 0.6 is 0 Å². The van der Waals surface area contributed by atoms with Gasteiger partial charge in [-0.25, -0.2) is 0 Å². The van der Waals surface area contributed by atoms with Crippen molar-refractivity contribution < 1.29 is 4.79 Å². The molecule has 17 heavy (non-hydrogen) atoms. The van der Waals surface area contributed by atoms with Gasteiger partial charge in [0, 0.05) is 51.2 Å². The van der Waals surface area contributed by atoms with E-state index < -0.39 is 0 Å². The molecule has 2 fully saturated rings. The van der Waals surface area contributed by atoms with Crippen LogP contribution in [-0.4, -0.2) is 60.0 Å². The van der Waals surface area contributed by atoms with Gasteiger partial charge in [-0.15, -0.1) is 0 Å². The molecule has 2 atom stereocenters. The summed E-state index contributed by atoms with van der Waals surface area (Å²) in [4.78, 5) is 15.9. The third-order valence-electron chi connectivity index (χ3n) is 4.01. The number of piperidine rings is 1. The molecule has 0 bridgehead atoms. The molecule has 0 saturated carbocycles. The number of rotatable bonds is 1. The molecule has 2 aliphatic rings. The van der Waals surface area contributed by atoms with Crippen LogP contribution in [0, 0.1) is 0 Å². The first-order valence-electron chi connectivity index (χ1n) is 6.82. The molecule has 0 aromatic rings. The average Bonchev–Trinajstić information content (AvgIpc) is 2.28. The van der Waals surface area contributed by atoms with Gasteiger partial charge >= 0.3 is 0 Å². The lowest BCUT2D eigenvalue weighted by Crippen LogP contribution is -2.58. The van der Waals surface area contributed by atoms with E-state index in [4.69, 9.17) is 0 Å². The first kappa shape index (κ1) is 12.8. The van der Waals surface area contributed by atoms with Crippen LogP contribution in [0.1, 0.15) is 33.6 Å². The highest BCUT2D eigenvalue weighted by Gasteiger charge is 2.29. The van der Waals surface area contributed by atoms with Gasteiger partial charge in [-0.3, -0.25) is 9.69 Å². The van der Waals surface area contributed by atoms with Crippen molar-refractivity contribution in [1.82, 2.24) is 15.1 Å². The summed E-state index contributed by atoms with van der Waals surface area (Å²) in [6.07, 6.45) is 2.28. The number of piperazine rings is 1. The number of likely N-dealkylation sites (tertiary alicyclic amines) is 1. The molecule has 0 aromatic heterocycles. The first-order chi connectivity index (χ1) is 8.06. The first-order valence-corrected chi connectivity index (χ1v) is 6.82. The van der Waals surface area contributed by atoms with Crippen LogP contribution in [0.15, 0.2) is 0 Å². The van der Waals surface area contributed by atoms with Gasteiger partial charge in [-0.2, -0.15) is 0 Å². The normalized spacial score (nSPS) is 32.8. The van der Waals surface area contributed by atoms with E-state index in [1.165, 1.54) is 0 Å². The summed E-state index contributed by atoms with van der Waals surface area (Å²) in [5, 5.41) is 3.57. The van der Waals surface area contributed by atoms with Crippen molar-refractivity contribution in [1.29, 1.82) is 0 Å². The van der Waals surface area contributed by atoms with Crippen LogP contribution in [-0.2, 0) is 4.79 Å². The minimum Gasteiger partial charge on any atom is -0.343 e. The molecule has 4 nitrogen and oxygen atoms in total. The van der Waals surface area contributed by atoms with Gasteiger partial charge < -0.3 is 10.2 Å². The minimum absolute atomic E-state index is 0.227. The van der Waals surface area contributed by atoms with Crippen LogP contribution in [0.3, 0.4) is 0 Å². The number of carbonyl (C=O) groups is 1. The number of amides is 1. The summed E-state index contributed by atoms with van der Waals surface area (Å²) in [7, 11) is 0. The Balaban J connectivity index is 1.85. The van der Waals surface area contributed by atoms with Crippen LogP contribution in [0.2, 0.25) is 0 Å². The van der Waals surface area contributed by atoms with E-state index in [0.717, 1.165) is 39.0 Å². The molecule has 2 aliphatic heterocycles. The molecule has 0 radical (unpaired) electrons. The van der Waals surface area contributed by atoms with Crippen LogP contribution in [0.4, 0.5) is 0 Å². The molecule has 1 amide bonds. The minimum atomic E-state index is 0.227. The van der Waals surface area contributed by atoms with Gasteiger partial charge in [0.05, 0.1) is 0 Å². The smallest absolute Gasteiger partial charge is 0.219 e. The number of hydrogen-bond donors (Lipinski definition) is 1. The molecule has 0 aliphatic carbocycles. The molecule has 0 spiro atoms. The highest BCUT2D eigenvalue weighted by atomic mass is 16.2. The maximum absolute atomic E-state index is 11.3. The predicted molar refractivity (Wildman–Crippen MR) is 68.9 cm³/mol. The molecule has 0 unspecified atom stereocenters. The largest absolute Gasteiger partial charge is 0.343 e. The molecule has 4 heteroatoms. The van der Waals surface area contributed by atoms with Crippen molar-refractivity contribution >= 4 is 5.91 Å². The maximum Gasteiger partial charge on any atom is 0.219 e. The van der Waals surface area contributed by atoms with Crippen molar-refractivity contribution in [3.63, 3.8) is 0 Å². The fraction of sp³-hybridized carbons (Fsp3) is 0.923. The van der Waals surface area contributed by atoms with E-state index in [1.54, 1.807) is 6.92 Å². The standard InChI is InChI=1S/C13H25N3O/c1-10-8-16(9-11(2)14-10)13-4-6-15(7-5-13)12(3)17/h10-11,13-14H,4-9H2,1-3H3/t10-,11+. The zero-order valence-electron chi connectivity index (χ0n) is 11.3. The topological polar surface area (TPSA) is 35.6 Å². The van der Waals surface area contributed by atoms with Crippen LogP contribution < -0.4 is 5.32 Å². The second-order valence-corrected chi connectivity index (χ2v) is 5.66. The second kappa shape index (κ2) is 5.36. The zero-order valence-corrected chi connectivity index (χ0v) is 11.3. The summed E-state index contributed by atoms with van der Waals surface area (Å²) >= 11 is 0. The van der Waals surface area contributed by atoms with Crippen molar-refractivity contribution in [2.75, 3.05) is 26.2 Å². The Hall–Kier alpha value is -0.610. The van der Waals surface area contributed by atoms with Gasteiger partial charge in [-0.05, 0) is 26.7 Å². The Kier molecular flexibility index (Phi) is 4.05. The Morgan fingerprint density at radius 2 is 1.65 bits per heavy atom. The maximum atomic E-state index is 11.3. The molecule has 1 N–H and O–H groups in total. The fourth-order valence-corrected chi connectivity index (χ4v) is 3.21. The van der Waals surface area contributed by atoms with Crippen LogP contribution in [0.25, 0.3) is 0 Å². The number of nitrogens with one attached hydrogen (secondary N) is 1. The zero-order chi connectivity index (χ0) is 12.4. The number of carbonyl (C=O) groups excluding carboxylic acids is 1. The van der Waals surface area contributed by atoms with Crippen molar-refractivity contribution in [2.24, 2.45) is 0 Å². The summed E-state index contributed by atoms with van der Waals surface area (Å²) in [6, 6.07) is 1.85. The van der Waals surface area contributed by atoms with E-state index in [0.29, 0.717) is 18.1 Å². The Morgan fingerprint density at radius 1 is 1.12 bits per heavy atom. The molecular weight excluding hydrogens is 214 g/mol. The number of nitrogens with zero attached hydrogens (tertiary/aromatic N) is 2. The van der Waals surface area contributed by atoms with E-state index in [1.807, 2.05) is 4.90 Å². The molecule has 2 rings (SSSR count). The van der Waals surface area contributed by atoms with Gasteiger partial charge in [0.2, 0.25) is 5.91 Å². The molecule has 98 valence electrons. The van der Waals surface area contributed by atoms with Crippen molar-refractivity contribution in [3.05, 3.63) is 0 Å². The lowest BCUT2D eigenvalue weighted by Gasteiger charge is -2.44. The third kappa shape index (κ3) is 3.19. The fourth-order valence-electron chi connectivity index (χ4n) is 3.21. The lowest BCUT2D eigenvalue weighted by atomic mass is 10.00. The Morgan fingerprint density at radius 3 is 2.12 bits per heavy atom. The summed E-state index contributed by atoms with van der Waals surface area (Å²) < 4.78 is 0. The molecule has 2 saturated heterocycles. The van der Waals surface area contributed by atoms with E-state index >= 15 is 0 Å². The summed E-state index contributed by atoms with van der Waals surface area (Å²) in [5.74, 6) is 0.227. The predicted octanol–water partition coefficient (Wildman–Crippen LogP) is 0.680. The van der Waals surface area contributed by atoms with Crippen molar-refractivity contribution in [2.45, 2.75) is 51.7 Å². The lowest BCUT2D eigenvalue weighted by molar-refractivity contribution is -0.130. The van der Waals surface area contributed by atoms with Crippen molar-refractivity contribution in [3.8, 4) is 0 Å². The molecule has 0 aromatic carbocycles. The van der Waals surface area contributed by atoms with Gasteiger partial charge in [-0.1, -0.05) is 0 Å². The third-order valence-corrected chi connectivity index (χ3v) is 4.01. The summed E-state index contributed by atoms with van der Waals surface area (Å²) in [6.45, 7) is 10.4. The van der Waals surface area contributed by atoms with E-state index in [2.05, 4.69) is 24.1 Å². The average molecular weight is 239 g/mol. The summed E-state index contributed by atoms with van der Waals surface area (Å²) in [5.41, 5.74) is 0. The Labute approximate surface area is 104 Å².